The Morgan fingerprint density at radius 1 is 1.22 bits per heavy atom. The lowest BCUT2D eigenvalue weighted by Crippen LogP contribution is -2.47. The lowest BCUT2D eigenvalue weighted by atomic mass is 10.0. The zero-order valence-corrected chi connectivity index (χ0v) is 13.1. The second-order valence-electron chi connectivity index (χ2n) is 6.68. The van der Waals surface area contributed by atoms with E-state index in [1.54, 1.807) is 0 Å². The fourth-order valence-electron chi connectivity index (χ4n) is 2.74. The van der Waals surface area contributed by atoms with Crippen molar-refractivity contribution in [1.82, 2.24) is 15.1 Å². The Morgan fingerprint density at radius 2 is 1.94 bits per heavy atom. The van der Waals surface area contributed by atoms with Crippen molar-refractivity contribution in [2.45, 2.75) is 39.7 Å². The second kappa shape index (κ2) is 8.13. The van der Waals surface area contributed by atoms with Crippen molar-refractivity contribution < 1.29 is 0 Å². The third-order valence-corrected chi connectivity index (χ3v) is 3.83. The van der Waals surface area contributed by atoms with E-state index >= 15 is 0 Å². The minimum absolute atomic E-state index is 0.754. The molecule has 1 rings (SSSR count). The molecule has 1 fully saturated rings. The zero-order valence-electron chi connectivity index (χ0n) is 13.1. The van der Waals surface area contributed by atoms with Crippen LogP contribution in [-0.2, 0) is 0 Å². The molecule has 3 nitrogen and oxygen atoms in total. The third kappa shape index (κ3) is 6.17. The van der Waals surface area contributed by atoms with Crippen LogP contribution >= 0.6 is 0 Å². The molecule has 1 saturated heterocycles. The number of piperidine rings is 1. The van der Waals surface area contributed by atoms with E-state index in [4.69, 9.17) is 0 Å². The standard InChI is InChI=1S/C15H33N3/c1-13(2)9-16-10-14(3)11-18-8-6-7-15(12-18)17(4)5/h13-16H,6-12H2,1-5H3. The molecule has 108 valence electrons. The highest BCUT2D eigenvalue weighted by Crippen LogP contribution is 2.14. The average molecular weight is 255 g/mol. The number of hydrogen-bond acceptors (Lipinski definition) is 3. The van der Waals surface area contributed by atoms with Crippen LogP contribution in [0.5, 0.6) is 0 Å². The minimum atomic E-state index is 0.754. The molecular weight excluding hydrogens is 222 g/mol. The van der Waals surface area contributed by atoms with Crippen molar-refractivity contribution in [1.29, 1.82) is 0 Å². The SMILES string of the molecule is CC(C)CNCC(C)CN1CCCC(N(C)C)C1. The van der Waals surface area contributed by atoms with Crippen molar-refractivity contribution in [3.63, 3.8) is 0 Å². The smallest absolute Gasteiger partial charge is 0.0217 e. The molecule has 0 aliphatic carbocycles. The minimum Gasteiger partial charge on any atom is -0.316 e. The van der Waals surface area contributed by atoms with Gasteiger partial charge >= 0.3 is 0 Å². The Labute approximate surface area is 114 Å². The van der Waals surface area contributed by atoms with Gasteiger partial charge in [0, 0.05) is 19.1 Å². The molecule has 3 heteroatoms. The van der Waals surface area contributed by atoms with Crippen LogP contribution in [0, 0.1) is 11.8 Å². The molecule has 0 aromatic carbocycles. The summed E-state index contributed by atoms with van der Waals surface area (Å²) in [6, 6.07) is 0.759. The molecule has 2 atom stereocenters. The largest absolute Gasteiger partial charge is 0.316 e. The molecule has 1 aliphatic rings. The number of nitrogens with zero attached hydrogens (tertiary/aromatic N) is 2. The first kappa shape index (κ1) is 15.9. The van der Waals surface area contributed by atoms with E-state index in [9.17, 15) is 0 Å². The predicted molar refractivity (Wildman–Crippen MR) is 80.0 cm³/mol. The topological polar surface area (TPSA) is 18.5 Å². The first-order chi connectivity index (χ1) is 8.49. The maximum absolute atomic E-state index is 3.57. The van der Waals surface area contributed by atoms with Gasteiger partial charge in [0.1, 0.15) is 0 Å². The maximum Gasteiger partial charge on any atom is 0.0217 e. The molecule has 0 aromatic heterocycles. The van der Waals surface area contributed by atoms with Gasteiger partial charge in [0.25, 0.3) is 0 Å². The molecule has 1 heterocycles. The first-order valence-electron chi connectivity index (χ1n) is 7.58. The van der Waals surface area contributed by atoms with Gasteiger partial charge in [-0.25, -0.2) is 0 Å². The fourth-order valence-corrected chi connectivity index (χ4v) is 2.74. The van der Waals surface area contributed by atoms with Crippen molar-refractivity contribution in [2.75, 3.05) is 46.8 Å². The van der Waals surface area contributed by atoms with Crippen molar-refractivity contribution in [3.8, 4) is 0 Å². The summed E-state index contributed by atoms with van der Waals surface area (Å²) >= 11 is 0. The lowest BCUT2D eigenvalue weighted by molar-refractivity contribution is 0.120. The van der Waals surface area contributed by atoms with E-state index in [-0.39, 0.29) is 0 Å². The van der Waals surface area contributed by atoms with Gasteiger partial charge in [-0.3, -0.25) is 0 Å². The molecule has 18 heavy (non-hydrogen) atoms. The normalized spacial score (nSPS) is 23.8. The van der Waals surface area contributed by atoms with Gasteiger partial charge < -0.3 is 15.1 Å². The third-order valence-electron chi connectivity index (χ3n) is 3.83. The highest BCUT2D eigenvalue weighted by atomic mass is 15.2. The van der Waals surface area contributed by atoms with E-state index < -0.39 is 0 Å². The number of likely N-dealkylation sites (N-methyl/N-ethyl adjacent to an activating group) is 1. The summed E-state index contributed by atoms with van der Waals surface area (Å²) in [6.07, 6.45) is 2.72. The summed E-state index contributed by atoms with van der Waals surface area (Å²) in [4.78, 5) is 5.03. The number of nitrogens with one attached hydrogen (secondary N) is 1. The van der Waals surface area contributed by atoms with Gasteiger partial charge in [0.15, 0.2) is 0 Å². The quantitative estimate of drug-likeness (QED) is 0.749. The fraction of sp³-hybridized carbons (Fsp3) is 1.00. The van der Waals surface area contributed by atoms with E-state index in [1.165, 1.54) is 32.5 Å². The summed E-state index contributed by atoms with van der Waals surface area (Å²) in [5, 5.41) is 3.57. The van der Waals surface area contributed by atoms with Crippen LogP contribution in [0.25, 0.3) is 0 Å². The molecule has 2 unspecified atom stereocenters. The van der Waals surface area contributed by atoms with Gasteiger partial charge in [-0.05, 0) is 58.4 Å². The molecule has 0 radical (unpaired) electrons. The van der Waals surface area contributed by atoms with Gasteiger partial charge in [0.2, 0.25) is 0 Å². The molecule has 0 amide bonds. The van der Waals surface area contributed by atoms with Gasteiger partial charge in [0.05, 0.1) is 0 Å². The van der Waals surface area contributed by atoms with E-state index in [0.29, 0.717) is 0 Å². The van der Waals surface area contributed by atoms with Crippen LogP contribution in [0.4, 0.5) is 0 Å². The Balaban J connectivity index is 2.20. The van der Waals surface area contributed by atoms with Gasteiger partial charge in [-0.1, -0.05) is 20.8 Å². The molecular formula is C15H33N3. The molecule has 1 N–H and O–H groups in total. The summed E-state index contributed by atoms with van der Waals surface area (Å²) in [6.45, 7) is 13.0. The van der Waals surface area contributed by atoms with Crippen LogP contribution in [0.15, 0.2) is 0 Å². The average Bonchev–Trinajstić information content (AvgIpc) is 2.28. The summed E-state index contributed by atoms with van der Waals surface area (Å²) < 4.78 is 0. The van der Waals surface area contributed by atoms with Crippen LogP contribution in [-0.4, -0.2) is 62.7 Å². The highest BCUT2D eigenvalue weighted by molar-refractivity contribution is 4.79. The Morgan fingerprint density at radius 3 is 2.56 bits per heavy atom. The van der Waals surface area contributed by atoms with Crippen molar-refractivity contribution in [3.05, 3.63) is 0 Å². The second-order valence-corrected chi connectivity index (χ2v) is 6.68. The van der Waals surface area contributed by atoms with Crippen molar-refractivity contribution in [2.24, 2.45) is 11.8 Å². The van der Waals surface area contributed by atoms with E-state index in [2.05, 4.69) is 50.0 Å². The summed E-state index contributed by atoms with van der Waals surface area (Å²) in [5.41, 5.74) is 0. The predicted octanol–water partition coefficient (Wildman–Crippen LogP) is 1.89. The Bertz CT molecular complexity index is 216. The van der Waals surface area contributed by atoms with Crippen LogP contribution in [0.2, 0.25) is 0 Å². The summed E-state index contributed by atoms with van der Waals surface area (Å²) in [7, 11) is 4.42. The summed E-state index contributed by atoms with van der Waals surface area (Å²) in [5.74, 6) is 1.51. The Kier molecular flexibility index (Phi) is 7.20. The molecule has 1 aliphatic heterocycles. The number of hydrogen-bond donors (Lipinski definition) is 1. The molecule has 0 saturated carbocycles. The van der Waals surface area contributed by atoms with Crippen molar-refractivity contribution >= 4 is 0 Å². The zero-order chi connectivity index (χ0) is 13.5. The highest BCUT2D eigenvalue weighted by Gasteiger charge is 2.22. The number of rotatable bonds is 7. The molecule has 0 spiro atoms. The van der Waals surface area contributed by atoms with E-state index in [1.807, 2.05) is 0 Å². The van der Waals surface area contributed by atoms with Gasteiger partial charge in [-0.2, -0.15) is 0 Å². The maximum atomic E-state index is 3.57. The van der Waals surface area contributed by atoms with Gasteiger partial charge in [-0.15, -0.1) is 0 Å². The van der Waals surface area contributed by atoms with Crippen LogP contribution in [0.1, 0.15) is 33.6 Å². The van der Waals surface area contributed by atoms with Crippen LogP contribution < -0.4 is 5.32 Å². The monoisotopic (exact) mass is 255 g/mol. The number of likely N-dealkylation sites (tertiary alicyclic amines) is 1. The van der Waals surface area contributed by atoms with Crippen LogP contribution in [0.3, 0.4) is 0 Å². The lowest BCUT2D eigenvalue weighted by Gasteiger charge is -2.37. The molecule has 0 aromatic rings. The Hall–Kier alpha value is -0.120. The van der Waals surface area contributed by atoms with E-state index in [0.717, 1.165) is 31.0 Å². The first-order valence-corrected chi connectivity index (χ1v) is 7.58. The molecule has 0 bridgehead atoms.